The van der Waals surface area contributed by atoms with Crippen molar-refractivity contribution in [1.29, 1.82) is 0 Å². The highest BCUT2D eigenvalue weighted by Gasteiger charge is 2.34. The van der Waals surface area contributed by atoms with Crippen molar-refractivity contribution >= 4 is 28.1 Å². The molecule has 1 fully saturated rings. The monoisotopic (exact) mass is 391 g/mol. The minimum absolute atomic E-state index is 0.287. The second kappa shape index (κ2) is 6.61. The summed E-state index contributed by atoms with van der Waals surface area (Å²) in [5.41, 5.74) is 8.58. The molecule has 4 heterocycles. The highest BCUT2D eigenvalue weighted by molar-refractivity contribution is 7.19. The van der Waals surface area contributed by atoms with E-state index in [4.69, 9.17) is 5.73 Å². The Morgan fingerprint density at radius 3 is 2.79 bits per heavy atom. The lowest BCUT2D eigenvalue weighted by Gasteiger charge is -2.19. The summed E-state index contributed by atoms with van der Waals surface area (Å²) in [6, 6.07) is 7.94. The molecule has 1 saturated carbocycles. The summed E-state index contributed by atoms with van der Waals surface area (Å²) >= 11 is 1.46. The Hall–Kier alpha value is -3.46. The van der Waals surface area contributed by atoms with E-state index in [-0.39, 0.29) is 5.69 Å². The predicted molar refractivity (Wildman–Crippen MR) is 107 cm³/mol. The Morgan fingerprint density at radius 1 is 1.29 bits per heavy atom. The molecular formula is C19H17N7OS. The van der Waals surface area contributed by atoms with Crippen LogP contribution in [0, 0.1) is 0 Å². The van der Waals surface area contributed by atoms with Crippen LogP contribution in [0.15, 0.2) is 55.2 Å². The Morgan fingerprint density at radius 2 is 2.11 bits per heavy atom. The standard InChI is InChI=1S/C19H17N7OS/c20-18(27)16-17(15-2-1-7-22-15)28-19(24-16)26(13-3-4-13)14-10-23-25(11-14)12-5-8-21-9-6-12/h1-2,5-11,13,22H,3-4H2,(H2,20,27). The molecule has 1 amide bonds. The normalized spacial score (nSPS) is 13.6. The minimum Gasteiger partial charge on any atom is -0.364 e. The summed E-state index contributed by atoms with van der Waals surface area (Å²) in [5, 5.41) is 5.23. The zero-order valence-electron chi connectivity index (χ0n) is 14.8. The third-order valence-electron chi connectivity index (χ3n) is 4.58. The van der Waals surface area contributed by atoms with Crippen molar-refractivity contribution in [2.45, 2.75) is 18.9 Å². The SMILES string of the molecule is NC(=O)c1nc(N(c2cnn(-c3ccncc3)c2)C2CC2)sc1-c1ccc[nH]1. The third kappa shape index (κ3) is 2.95. The lowest BCUT2D eigenvalue weighted by atomic mass is 10.3. The first-order valence-electron chi connectivity index (χ1n) is 8.89. The van der Waals surface area contributed by atoms with Gasteiger partial charge in [-0.1, -0.05) is 11.3 Å². The van der Waals surface area contributed by atoms with Crippen LogP contribution in [0.4, 0.5) is 10.8 Å². The van der Waals surface area contributed by atoms with Crippen molar-refractivity contribution in [2.24, 2.45) is 5.73 Å². The van der Waals surface area contributed by atoms with E-state index in [1.807, 2.05) is 42.9 Å². The molecule has 8 nitrogen and oxygen atoms in total. The maximum Gasteiger partial charge on any atom is 0.268 e. The molecule has 0 bridgehead atoms. The van der Waals surface area contributed by atoms with Crippen molar-refractivity contribution in [2.75, 3.05) is 4.90 Å². The Balaban J connectivity index is 1.56. The fourth-order valence-electron chi connectivity index (χ4n) is 3.12. The van der Waals surface area contributed by atoms with Gasteiger partial charge in [0.2, 0.25) is 0 Å². The second-order valence-corrected chi connectivity index (χ2v) is 7.55. The molecule has 0 atom stereocenters. The number of thiazole rings is 1. The molecule has 0 aliphatic heterocycles. The lowest BCUT2D eigenvalue weighted by molar-refractivity contribution is 0.0997. The number of aromatic amines is 1. The van der Waals surface area contributed by atoms with Gasteiger partial charge in [0.15, 0.2) is 10.8 Å². The van der Waals surface area contributed by atoms with Gasteiger partial charge >= 0.3 is 0 Å². The summed E-state index contributed by atoms with van der Waals surface area (Å²) in [5.74, 6) is -0.532. The van der Waals surface area contributed by atoms with Crippen molar-refractivity contribution in [1.82, 2.24) is 24.7 Å². The summed E-state index contributed by atoms with van der Waals surface area (Å²) in [6.45, 7) is 0. The zero-order chi connectivity index (χ0) is 19.1. The van der Waals surface area contributed by atoms with Crippen LogP contribution in [0.2, 0.25) is 0 Å². The minimum atomic E-state index is -0.532. The van der Waals surface area contributed by atoms with E-state index in [0.717, 1.165) is 39.9 Å². The second-order valence-electron chi connectivity index (χ2n) is 6.57. The average molecular weight is 391 g/mol. The van der Waals surface area contributed by atoms with E-state index in [2.05, 4.69) is 25.0 Å². The number of nitrogens with one attached hydrogen (secondary N) is 1. The highest BCUT2D eigenvalue weighted by Crippen LogP contribution is 2.43. The van der Waals surface area contributed by atoms with Crippen LogP contribution >= 0.6 is 11.3 Å². The van der Waals surface area contributed by atoms with E-state index >= 15 is 0 Å². The third-order valence-corrected chi connectivity index (χ3v) is 5.67. The van der Waals surface area contributed by atoms with Crippen molar-refractivity contribution in [3.8, 4) is 16.3 Å². The van der Waals surface area contributed by atoms with E-state index in [0.29, 0.717) is 6.04 Å². The fraction of sp³-hybridized carbons (Fsp3) is 0.158. The number of anilines is 2. The van der Waals surface area contributed by atoms with Crippen molar-refractivity contribution in [3.05, 3.63) is 60.9 Å². The summed E-state index contributed by atoms with van der Waals surface area (Å²) < 4.78 is 1.81. The maximum atomic E-state index is 12.0. The smallest absolute Gasteiger partial charge is 0.268 e. The number of H-pyrrole nitrogens is 1. The first-order valence-corrected chi connectivity index (χ1v) is 9.71. The van der Waals surface area contributed by atoms with E-state index in [1.165, 1.54) is 11.3 Å². The van der Waals surface area contributed by atoms with Gasteiger partial charge in [0.05, 0.1) is 34.3 Å². The van der Waals surface area contributed by atoms with Gasteiger partial charge in [-0.05, 0) is 37.1 Å². The molecule has 1 aliphatic rings. The van der Waals surface area contributed by atoms with Crippen molar-refractivity contribution in [3.63, 3.8) is 0 Å². The first kappa shape index (κ1) is 16.7. The lowest BCUT2D eigenvalue weighted by Crippen LogP contribution is -2.19. The van der Waals surface area contributed by atoms with Gasteiger partial charge < -0.3 is 15.6 Å². The first-order chi connectivity index (χ1) is 13.7. The van der Waals surface area contributed by atoms with Crippen LogP contribution in [0.3, 0.4) is 0 Å². The van der Waals surface area contributed by atoms with Crippen molar-refractivity contribution < 1.29 is 4.79 Å². The van der Waals surface area contributed by atoms with Crippen LogP contribution in [0.5, 0.6) is 0 Å². The van der Waals surface area contributed by atoms with Crippen LogP contribution in [0.1, 0.15) is 23.3 Å². The number of primary amides is 1. The molecule has 5 rings (SSSR count). The summed E-state index contributed by atoms with van der Waals surface area (Å²) in [6.07, 6.45) is 11.2. The molecule has 0 spiro atoms. The Labute approximate surface area is 164 Å². The predicted octanol–water partition coefficient (Wildman–Crippen LogP) is 3.12. The molecule has 140 valence electrons. The van der Waals surface area contributed by atoms with Gasteiger partial charge in [-0.15, -0.1) is 0 Å². The van der Waals surface area contributed by atoms with Gasteiger partial charge in [-0.3, -0.25) is 9.78 Å². The van der Waals surface area contributed by atoms with Gasteiger partial charge in [0.1, 0.15) is 0 Å². The molecule has 3 N–H and O–H groups in total. The van der Waals surface area contributed by atoms with E-state index < -0.39 is 5.91 Å². The number of pyridine rings is 1. The quantitative estimate of drug-likeness (QED) is 0.525. The largest absolute Gasteiger partial charge is 0.364 e. The fourth-order valence-corrected chi connectivity index (χ4v) is 4.27. The van der Waals surface area contributed by atoms with E-state index in [1.54, 1.807) is 17.1 Å². The summed E-state index contributed by atoms with van der Waals surface area (Å²) in [4.78, 5) is 26.6. The molecule has 9 heteroatoms. The van der Waals surface area contributed by atoms with Crippen LogP contribution < -0.4 is 10.6 Å². The van der Waals surface area contributed by atoms with Gasteiger partial charge in [-0.25, -0.2) is 9.67 Å². The number of amides is 1. The number of carbonyl (C=O) groups is 1. The molecule has 1 aliphatic carbocycles. The molecule has 0 saturated heterocycles. The van der Waals surface area contributed by atoms with Gasteiger partial charge in [-0.2, -0.15) is 5.10 Å². The Bertz CT molecular complexity index is 1110. The van der Waals surface area contributed by atoms with Crippen LogP contribution in [-0.4, -0.2) is 36.7 Å². The van der Waals surface area contributed by atoms with E-state index in [9.17, 15) is 4.79 Å². The molecule has 0 aromatic carbocycles. The molecule has 4 aromatic rings. The van der Waals surface area contributed by atoms with Gasteiger partial charge in [0, 0.05) is 24.6 Å². The number of carbonyl (C=O) groups excluding carboxylic acids is 1. The number of aromatic nitrogens is 5. The highest BCUT2D eigenvalue weighted by atomic mass is 32.1. The maximum absolute atomic E-state index is 12.0. The number of nitrogens with zero attached hydrogens (tertiary/aromatic N) is 5. The Kier molecular flexibility index (Phi) is 3.94. The molecule has 0 unspecified atom stereocenters. The van der Waals surface area contributed by atoms with Gasteiger partial charge in [0.25, 0.3) is 5.91 Å². The zero-order valence-corrected chi connectivity index (χ0v) is 15.6. The molecule has 28 heavy (non-hydrogen) atoms. The van der Waals surface area contributed by atoms with Crippen LogP contribution in [-0.2, 0) is 0 Å². The number of hydrogen-bond acceptors (Lipinski definition) is 6. The topological polar surface area (TPSA) is 106 Å². The number of nitrogens with two attached hydrogens (primary N) is 1. The molecule has 4 aromatic heterocycles. The molecule has 0 radical (unpaired) electrons. The average Bonchev–Trinajstić information content (AvgIpc) is 3.12. The summed E-state index contributed by atoms with van der Waals surface area (Å²) in [7, 11) is 0. The van der Waals surface area contributed by atoms with Crippen LogP contribution in [0.25, 0.3) is 16.3 Å². The number of rotatable bonds is 6. The molecular weight excluding hydrogens is 374 g/mol. The number of hydrogen-bond donors (Lipinski definition) is 2.